The molecule has 9 nitrogen and oxygen atoms in total. The van der Waals surface area contributed by atoms with Crippen molar-refractivity contribution in [2.24, 2.45) is 0 Å². The van der Waals surface area contributed by atoms with Gasteiger partial charge < -0.3 is 9.64 Å². The third-order valence-electron chi connectivity index (χ3n) is 6.61. The van der Waals surface area contributed by atoms with Gasteiger partial charge in [0.1, 0.15) is 12.4 Å². The molecule has 0 radical (unpaired) electrons. The van der Waals surface area contributed by atoms with E-state index < -0.39 is 46.4 Å². The molecule has 0 spiro atoms. The number of halogens is 3. The minimum Gasteiger partial charge on any atom is -0.446 e. The Labute approximate surface area is 227 Å². The molecule has 0 N–H and O–H groups in total. The van der Waals surface area contributed by atoms with Crippen LogP contribution in [-0.2, 0) is 25.7 Å². The number of ether oxygens (including phenoxy) is 1. The molecule has 13 heteroatoms. The summed E-state index contributed by atoms with van der Waals surface area (Å²) in [6.45, 7) is 2.78. The number of rotatable bonds is 5. The molecular formula is C27H23F3N4O5S. The number of likely N-dealkylation sites (N-methyl/N-ethyl adjacent to an activating group) is 1. The number of benzene rings is 2. The van der Waals surface area contributed by atoms with Crippen molar-refractivity contribution in [2.45, 2.75) is 31.0 Å². The quantitative estimate of drug-likeness (QED) is 0.337. The molecule has 0 unspecified atom stereocenters. The van der Waals surface area contributed by atoms with E-state index in [1.54, 1.807) is 30.3 Å². The molecule has 1 aliphatic heterocycles. The van der Waals surface area contributed by atoms with E-state index in [0.717, 1.165) is 20.5 Å². The van der Waals surface area contributed by atoms with E-state index in [9.17, 15) is 31.2 Å². The van der Waals surface area contributed by atoms with Crippen LogP contribution in [0.25, 0.3) is 10.9 Å². The summed E-state index contributed by atoms with van der Waals surface area (Å²) >= 11 is 0. The molecule has 2 aromatic heterocycles. The van der Waals surface area contributed by atoms with Gasteiger partial charge >= 0.3 is 12.3 Å². The van der Waals surface area contributed by atoms with Crippen LogP contribution in [0, 0.1) is 13.8 Å². The van der Waals surface area contributed by atoms with Gasteiger partial charge in [0.2, 0.25) is 0 Å². The fourth-order valence-corrected chi connectivity index (χ4v) is 5.82. The first kappa shape index (κ1) is 27.2. The largest absolute Gasteiger partial charge is 0.446 e. The summed E-state index contributed by atoms with van der Waals surface area (Å²) in [6.07, 6.45) is -4.28. The van der Waals surface area contributed by atoms with Gasteiger partial charge in [-0.05, 0) is 56.3 Å². The summed E-state index contributed by atoms with van der Waals surface area (Å²) < 4.78 is 73.0. The molecule has 40 heavy (non-hydrogen) atoms. The van der Waals surface area contributed by atoms with Crippen molar-refractivity contribution < 1.29 is 35.9 Å². The maximum absolute atomic E-state index is 13.5. The van der Waals surface area contributed by atoms with Crippen LogP contribution in [0.5, 0.6) is 0 Å². The van der Waals surface area contributed by atoms with E-state index in [0.29, 0.717) is 22.7 Å². The van der Waals surface area contributed by atoms with Gasteiger partial charge in [-0.15, -0.1) is 0 Å². The normalized spacial score (nSPS) is 15.9. The molecule has 4 aromatic rings. The number of anilines is 2. The Morgan fingerprint density at radius 1 is 1.05 bits per heavy atom. The van der Waals surface area contributed by atoms with Gasteiger partial charge in [0.05, 0.1) is 16.0 Å². The number of carbonyl (C=O) groups excluding carboxylic acids is 2. The van der Waals surface area contributed by atoms with E-state index in [1.165, 1.54) is 43.3 Å². The van der Waals surface area contributed by atoms with Crippen LogP contribution in [0.4, 0.5) is 29.5 Å². The van der Waals surface area contributed by atoms with Gasteiger partial charge in [-0.1, -0.05) is 23.8 Å². The molecule has 2 aromatic carbocycles. The Morgan fingerprint density at radius 2 is 1.75 bits per heavy atom. The highest BCUT2D eigenvalue weighted by molar-refractivity contribution is 7.90. The summed E-state index contributed by atoms with van der Waals surface area (Å²) in [4.78, 5) is 32.2. The first-order chi connectivity index (χ1) is 18.8. The monoisotopic (exact) mass is 572 g/mol. The molecule has 1 fully saturated rings. The number of nitrogens with zero attached hydrogens (tertiary/aromatic N) is 4. The molecule has 0 saturated carbocycles. The topological polar surface area (TPSA) is 102 Å². The predicted octanol–water partition coefficient (Wildman–Crippen LogP) is 4.90. The summed E-state index contributed by atoms with van der Waals surface area (Å²) in [5, 5.41) is 0.602. The summed E-state index contributed by atoms with van der Waals surface area (Å²) in [5.41, 5.74) is 0.491. The van der Waals surface area contributed by atoms with Crippen LogP contribution < -0.4 is 9.80 Å². The second kappa shape index (κ2) is 9.66. The average molecular weight is 573 g/mol. The van der Waals surface area contributed by atoms with Gasteiger partial charge in [-0.2, -0.15) is 13.2 Å². The van der Waals surface area contributed by atoms with Crippen molar-refractivity contribution in [2.75, 3.05) is 23.5 Å². The lowest BCUT2D eigenvalue weighted by molar-refractivity contribution is -0.137. The van der Waals surface area contributed by atoms with E-state index in [4.69, 9.17) is 4.74 Å². The highest BCUT2D eigenvalue weighted by Gasteiger charge is 2.43. The van der Waals surface area contributed by atoms with Crippen molar-refractivity contribution in [3.8, 4) is 0 Å². The molecule has 0 aliphatic carbocycles. The smallest absolute Gasteiger partial charge is 0.416 e. The zero-order valence-corrected chi connectivity index (χ0v) is 22.3. The molecule has 1 aliphatic rings. The van der Waals surface area contributed by atoms with Gasteiger partial charge in [0.15, 0.2) is 6.04 Å². The van der Waals surface area contributed by atoms with Crippen LogP contribution >= 0.6 is 0 Å². The lowest BCUT2D eigenvalue weighted by Gasteiger charge is -2.26. The Balaban J connectivity index is 1.49. The SMILES string of the molecule is Cc1ccc(S(=O)(=O)n2ccc3ccc(N(C)C(=O)[C@@H]4COC(=O)N4c4cc(C(F)(F)F)cc(C)n4)cc32)cc1. The minimum atomic E-state index is -4.69. The summed E-state index contributed by atoms with van der Waals surface area (Å²) in [6, 6.07) is 13.0. The fourth-order valence-electron chi connectivity index (χ4n) is 4.48. The first-order valence-corrected chi connectivity index (χ1v) is 13.4. The van der Waals surface area contributed by atoms with Crippen LogP contribution in [0.1, 0.15) is 16.8 Å². The van der Waals surface area contributed by atoms with E-state index in [-0.39, 0.29) is 16.4 Å². The lowest BCUT2D eigenvalue weighted by atomic mass is 10.1. The number of hydrogen-bond donors (Lipinski definition) is 0. The van der Waals surface area contributed by atoms with Gasteiger partial charge in [0.25, 0.3) is 15.9 Å². The number of fused-ring (bicyclic) bond motifs is 1. The standard InChI is InChI=1S/C27H23F3N4O5S/c1-16-4-8-21(9-5-16)40(37,38)33-11-10-18-6-7-20(14-22(18)33)32(3)25(35)23-15-39-26(36)34(23)24-13-19(27(28,29)30)12-17(2)31-24/h4-14,23H,15H2,1-3H3/t23-/m0/s1. The minimum absolute atomic E-state index is 0.00470. The highest BCUT2D eigenvalue weighted by Crippen LogP contribution is 2.34. The molecular weight excluding hydrogens is 549 g/mol. The molecule has 0 bridgehead atoms. The van der Waals surface area contributed by atoms with Crippen LogP contribution in [0.2, 0.25) is 0 Å². The number of amides is 2. The lowest BCUT2D eigenvalue weighted by Crippen LogP contribution is -2.47. The zero-order chi connectivity index (χ0) is 29.0. The Bertz CT molecular complexity index is 1750. The zero-order valence-electron chi connectivity index (χ0n) is 21.5. The first-order valence-electron chi connectivity index (χ1n) is 12.0. The maximum Gasteiger partial charge on any atom is 0.416 e. The third-order valence-corrected chi connectivity index (χ3v) is 8.31. The van der Waals surface area contributed by atoms with Crippen molar-refractivity contribution in [3.63, 3.8) is 0 Å². The van der Waals surface area contributed by atoms with Gasteiger partial charge in [0, 0.05) is 30.0 Å². The number of hydrogen-bond acceptors (Lipinski definition) is 6. The Hall–Kier alpha value is -4.39. The Morgan fingerprint density at radius 3 is 2.42 bits per heavy atom. The predicted molar refractivity (Wildman–Crippen MR) is 141 cm³/mol. The van der Waals surface area contributed by atoms with Crippen LogP contribution in [-0.4, -0.2) is 49.1 Å². The van der Waals surface area contributed by atoms with Crippen molar-refractivity contribution in [3.05, 3.63) is 83.7 Å². The number of carbonyl (C=O) groups is 2. The third kappa shape index (κ3) is 4.76. The summed E-state index contributed by atoms with van der Waals surface area (Å²) in [7, 11) is -2.54. The van der Waals surface area contributed by atoms with E-state index >= 15 is 0 Å². The maximum atomic E-state index is 13.5. The van der Waals surface area contributed by atoms with Crippen LogP contribution in [0.15, 0.2) is 71.8 Å². The molecule has 1 atom stereocenters. The molecule has 1 saturated heterocycles. The van der Waals surface area contributed by atoms with Gasteiger partial charge in [-0.25, -0.2) is 27.1 Å². The second-order valence-electron chi connectivity index (χ2n) is 9.39. The van der Waals surface area contributed by atoms with Crippen LogP contribution in [0.3, 0.4) is 0 Å². The Kier molecular flexibility index (Phi) is 6.57. The second-order valence-corrected chi connectivity index (χ2v) is 11.2. The van der Waals surface area contributed by atoms with Crippen molar-refractivity contribution >= 4 is 44.4 Å². The fraction of sp³-hybridized carbons (Fsp3) is 0.222. The van der Waals surface area contributed by atoms with Crippen molar-refractivity contribution in [1.29, 1.82) is 0 Å². The number of aryl methyl sites for hydroxylation is 2. The number of pyridine rings is 1. The number of alkyl halides is 3. The highest BCUT2D eigenvalue weighted by atomic mass is 32.2. The molecule has 208 valence electrons. The van der Waals surface area contributed by atoms with E-state index in [2.05, 4.69) is 4.98 Å². The molecule has 3 heterocycles. The van der Waals surface area contributed by atoms with Crippen molar-refractivity contribution in [1.82, 2.24) is 8.96 Å². The number of aromatic nitrogens is 2. The average Bonchev–Trinajstić information content (AvgIpc) is 3.50. The number of cyclic esters (lactones) is 1. The van der Waals surface area contributed by atoms with E-state index in [1.807, 2.05) is 6.92 Å². The van der Waals surface area contributed by atoms with Gasteiger partial charge in [-0.3, -0.25) is 4.79 Å². The molecule has 5 rings (SSSR count). The molecule has 2 amide bonds. The summed E-state index contributed by atoms with van der Waals surface area (Å²) in [5.74, 6) is -1.03.